The van der Waals surface area contributed by atoms with Gasteiger partial charge in [0.05, 0.1) is 6.54 Å². The Kier molecular flexibility index (Phi) is 3.10. The van der Waals surface area contributed by atoms with Crippen LogP contribution in [0.1, 0.15) is 24.2 Å². The predicted octanol–water partition coefficient (Wildman–Crippen LogP) is 2.88. The van der Waals surface area contributed by atoms with Crippen molar-refractivity contribution in [3.05, 3.63) is 53.1 Å². The van der Waals surface area contributed by atoms with Gasteiger partial charge >= 0.3 is 0 Å². The number of imidazole rings is 1. The van der Waals surface area contributed by atoms with Crippen LogP contribution in [0.5, 0.6) is 0 Å². The Hall–Kier alpha value is -1.32. The largest absolute Gasteiger partial charge is 0.348 e. The zero-order chi connectivity index (χ0) is 12.4. The number of aromatic nitrogens is 2. The van der Waals surface area contributed by atoms with Crippen LogP contribution in [0.15, 0.2) is 36.7 Å². The first kappa shape index (κ1) is 11.8. The van der Waals surface area contributed by atoms with Crippen LogP contribution >= 0.6 is 11.6 Å². The predicted molar refractivity (Wildman–Crippen MR) is 72.7 cm³/mol. The molecule has 1 aromatic heterocycles. The van der Waals surface area contributed by atoms with Crippen molar-refractivity contribution in [1.82, 2.24) is 15.3 Å². The monoisotopic (exact) mass is 261 g/mol. The summed E-state index contributed by atoms with van der Waals surface area (Å²) in [5, 5.41) is 4.28. The van der Waals surface area contributed by atoms with Crippen molar-refractivity contribution in [2.75, 3.05) is 6.54 Å². The van der Waals surface area contributed by atoms with Crippen molar-refractivity contribution in [1.29, 1.82) is 0 Å². The number of rotatable bonds is 5. The summed E-state index contributed by atoms with van der Waals surface area (Å²) >= 11 is 5.93. The van der Waals surface area contributed by atoms with E-state index in [1.54, 1.807) is 6.20 Å². The second-order valence-electron chi connectivity index (χ2n) is 4.93. The van der Waals surface area contributed by atoms with Crippen LogP contribution in [0.2, 0.25) is 5.02 Å². The van der Waals surface area contributed by atoms with Crippen molar-refractivity contribution in [2.45, 2.75) is 24.8 Å². The highest BCUT2D eigenvalue weighted by Gasteiger charge is 2.43. The quantitative estimate of drug-likeness (QED) is 0.869. The molecule has 1 saturated carbocycles. The maximum absolute atomic E-state index is 5.93. The first-order chi connectivity index (χ1) is 8.78. The molecular formula is C14H16ClN3. The fourth-order valence-corrected chi connectivity index (χ4v) is 2.46. The Balaban J connectivity index is 1.60. The lowest BCUT2D eigenvalue weighted by molar-refractivity contribution is 0.565. The standard InChI is InChI=1S/C14H16ClN3/c15-12-3-1-11(2-4-12)14(5-6-14)10-16-9-13-17-7-8-18-13/h1-4,7-8,16H,5-6,9-10H2,(H,17,18). The summed E-state index contributed by atoms with van der Waals surface area (Å²) in [4.78, 5) is 7.31. The molecule has 2 N–H and O–H groups in total. The Bertz CT molecular complexity index is 500. The van der Waals surface area contributed by atoms with E-state index in [4.69, 9.17) is 11.6 Å². The Labute approximate surface area is 112 Å². The van der Waals surface area contributed by atoms with Gasteiger partial charge in [-0.2, -0.15) is 0 Å². The van der Waals surface area contributed by atoms with Crippen molar-refractivity contribution in [3.8, 4) is 0 Å². The molecule has 0 saturated heterocycles. The lowest BCUT2D eigenvalue weighted by Gasteiger charge is -2.16. The normalized spacial score (nSPS) is 16.7. The van der Waals surface area contributed by atoms with Gasteiger partial charge < -0.3 is 10.3 Å². The zero-order valence-corrected chi connectivity index (χ0v) is 10.9. The lowest BCUT2D eigenvalue weighted by atomic mass is 9.96. The molecule has 1 heterocycles. The smallest absolute Gasteiger partial charge is 0.120 e. The van der Waals surface area contributed by atoms with Gasteiger partial charge in [0, 0.05) is 29.4 Å². The summed E-state index contributed by atoms with van der Waals surface area (Å²) in [5.41, 5.74) is 1.70. The molecule has 2 aromatic rings. The van der Waals surface area contributed by atoms with Gasteiger partial charge in [0.1, 0.15) is 5.82 Å². The Morgan fingerprint density at radius 2 is 2.06 bits per heavy atom. The van der Waals surface area contributed by atoms with Gasteiger partial charge in [-0.05, 0) is 30.5 Å². The average Bonchev–Trinajstić information content (AvgIpc) is 2.98. The molecule has 1 aliphatic rings. The lowest BCUT2D eigenvalue weighted by Crippen LogP contribution is -2.26. The molecule has 94 valence electrons. The molecule has 4 heteroatoms. The van der Waals surface area contributed by atoms with Crippen molar-refractivity contribution in [2.24, 2.45) is 0 Å². The minimum Gasteiger partial charge on any atom is -0.348 e. The number of nitrogens with one attached hydrogen (secondary N) is 2. The fraction of sp³-hybridized carbons (Fsp3) is 0.357. The molecule has 1 aliphatic carbocycles. The number of nitrogens with zero attached hydrogens (tertiary/aromatic N) is 1. The second-order valence-corrected chi connectivity index (χ2v) is 5.36. The first-order valence-corrected chi connectivity index (χ1v) is 6.61. The maximum Gasteiger partial charge on any atom is 0.120 e. The zero-order valence-electron chi connectivity index (χ0n) is 10.1. The van der Waals surface area contributed by atoms with Crippen LogP contribution in [-0.4, -0.2) is 16.5 Å². The highest BCUT2D eigenvalue weighted by molar-refractivity contribution is 6.30. The van der Waals surface area contributed by atoms with Crippen molar-refractivity contribution < 1.29 is 0 Å². The van der Waals surface area contributed by atoms with Gasteiger partial charge in [0.2, 0.25) is 0 Å². The minimum atomic E-state index is 0.317. The minimum absolute atomic E-state index is 0.317. The summed E-state index contributed by atoms with van der Waals surface area (Å²) in [6.45, 7) is 1.79. The first-order valence-electron chi connectivity index (χ1n) is 6.24. The van der Waals surface area contributed by atoms with Gasteiger partial charge in [-0.15, -0.1) is 0 Å². The van der Waals surface area contributed by atoms with Crippen molar-refractivity contribution >= 4 is 11.6 Å². The number of benzene rings is 1. The van der Waals surface area contributed by atoms with E-state index >= 15 is 0 Å². The molecule has 0 bridgehead atoms. The molecule has 18 heavy (non-hydrogen) atoms. The van der Waals surface area contributed by atoms with E-state index in [0.29, 0.717) is 5.41 Å². The third-order valence-electron chi connectivity index (χ3n) is 3.62. The number of H-pyrrole nitrogens is 1. The van der Waals surface area contributed by atoms with Crippen LogP contribution < -0.4 is 5.32 Å². The molecule has 1 aromatic carbocycles. The third-order valence-corrected chi connectivity index (χ3v) is 3.87. The van der Waals surface area contributed by atoms with Gasteiger partial charge in [-0.25, -0.2) is 4.98 Å². The summed E-state index contributed by atoms with van der Waals surface area (Å²) in [5.74, 6) is 0.988. The van der Waals surface area contributed by atoms with E-state index in [-0.39, 0.29) is 0 Å². The maximum atomic E-state index is 5.93. The molecule has 3 rings (SSSR count). The average molecular weight is 262 g/mol. The number of aromatic amines is 1. The third kappa shape index (κ3) is 2.42. The van der Waals surface area contributed by atoms with E-state index in [9.17, 15) is 0 Å². The number of halogens is 1. The molecular weight excluding hydrogens is 246 g/mol. The van der Waals surface area contributed by atoms with E-state index < -0.39 is 0 Å². The van der Waals surface area contributed by atoms with Gasteiger partial charge in [0.15, 0.2) is 0 Å². The highest BCUT2D eigenvalue weighted by Crippen LogP contribution is 2.47. The van der Waals surface area contributed by atoms with Gasteiger partial charge in [-0.3, -0.25) is 0 Å². The number of hydrogen-bond acceptors (Lipinski definition) is 2. The Morgan fingerprint density at radius 1 is 1.28 bits per heavy atom. The van der Waals surface area contributed by atoms with Gasteiger partial charge in [-0.1, -0.05) is 23.7 Å². The summed E-state index contributed by atoms with van der Waals surface area (Å²) < 4.78 is 0. The fourth-order valence-electron chi connectivity index (χ4n) is 2.34. The molecule has 3 nitrogen and oxygen atoms in total. The highest BCUT2D eigenvalue weighted by atomic mass is 35.5. The molecule has 0 radical (unpaired) electrons. The topological polar surface area (TPSA) is 40.7 Å². The summed E-state index contributed by atoms with van der Waals surface area (Å²) in [7, 11) is 0. The van der Waals surface area contributed by atoms with Crippen LogP contribution in [0.3, 0.4) is 0 Å². The molecule has 0 atom stereocenters. The molecule has 1 fully saturated rings. The number of hydrogen-bond donors (Lipinski definition) is 2. The summed E-state index contributed by atoms with van der Waals surface area (Å²) in [6.07, 6.45) is 6.13. The van der Waals surface area contributed by atoms with E-state index in [1.165, 1.54) is 18.4 Å². The van der Waals surface area contributed by atoms with E-state index in [0.717, 1.165) is 23.9 Å². The molecule has 0 unspecified atom stereocenters. The molecule has 0 aliphatic heterocycles. The Morgan fingerprint density at radius 3 is 2.67 bits per heavy atom. The van der Waals surface area contributed by atoms with E-state index in [1.807, 2.05) is 18.3 Å². The van der Waals surface area contributed by atoms with Crippen molar-refractivity contribution in [3.63, 3.8) is 0 Å². The van der Waals surface area contributed by atoms with E-state index in [2.05, 4.69) is 27.4 Å². The van der Waals surface area contributed by atoms with Crippen LogP contribution in [0, 0.1) is 0 Å². The van der Waals surface area contributed by atoms with Gasteiger partial charge in [0.25, 0.3) is 0 Å². The second kappa shape index (κ2) is 4.75. The van der Waals surface area contributed by atoms with Crippen LogP contribution in [-0.2, 0) is 12.0 Å². The molecule has 0 amide bonds. The SMILES string of the molecule is Clc1ccc(C2(CNCc3ncc[nH]3)CC2)cc1. The van der Waals surface area contributed by atoms with Crippen LogP contribution in [0.25, 0.3) is 0 Å². The van der Waals surface area contributed by atoms with Crippen LogP contribution in [0.4, 0.5) is 0 Å². The molecule has 0 spiro atoms. The summed E-state index contributed by atoms with van der Waals surface area (Å²) in [6, 6.07) is 8.24.